The van der Waals surface area contributed by atoms with Gasteiger partial charge in [-0.3, -0.25) is 0 Å². The first-order valence-corrected chi connectivity index (χ1v) is 4.77. The van der Waals surface area contributed by atoms with Crippen LogP contribution < -0.4 is 5.32 Å². The third-order valence-corrected chi connectivity index (χ3v) is 2.93. The molecule has 0 aromatic heterocycles. The van der Waals surface area contributed by atoms with Gasteiger partial charge in [0.1, 0.15) is 11.6 Å². The normalized spacial score (nSPS) is 26.8. The average Bonchev–Trinajstić information content (AvgIpc) is 2.52. The molecule has 1 fully saturated rings. The Bertz CT molecular complexity index is 323. The predicted molar refractivity (Wildman–Crippen MR) is 51.2 cm³/mol. The summed E-state index contributed by atoms with van der Waals surface area (Å²) in [5.74, 6) is -0.985. The van der Waals surface area contributed by atoms with E-state index in [0.717, 1.165) is 31.1 Å². The van der Waals surface area contributed by atoms with Gasteiger partial charge in [0.05, 0.1) is 0 Å². The molecule has 1 aromatic carbocycles. The maximum absolute atomic E-state index is 13.0. The van der Waals surface area contributed by atoms with Crippen molar-refractivity contribution in [3.8, 4) is 0 Å². The summed E-state index contributed by atoms with van der Waals surface area (Å²) in [6.07, 6.45) is 0.926. The highest BCUT2D eigenvalue weighted by Crippen LogP contribution is 2.30. The highest BCUT2D eigenvalue weighted by molar-refractivity contribution is 5.28. The second kappa shape index (κ2) is 3.31. The molecule has 14 heavy (non-hydrogen) atoms. The van der Waals surface area contributed by atoms with Gasteiger partial charge in [0.25, 0.3) is 0 Å². The van der Waals surface area contributed by atoms with E-state index in [0.29, 0.717) is 0 Å². The molecule has 0 saturated carbocycles. The van der Waals surface area contributed by atoms with Crippen molar-refractivity contribution in [2.75, 3.05) is 13.1 Å². The molecular formula is C11H13F2N. The molecule has 0 amide bonds. The van der Waals surface area contributed by atoms with Gasteiger partial charge in [0.2, 0.25) is 0 Å². The fourth-order valence-corrected chi connectivity index (χ4v) is 1.97. The van der Waals surface area contributed by atoms with E-state index in [-0.39, 0.29) is 5.41 Å². The third kappa shape index (κ3) is 1.64. The lowest BCUT2D eigenvalue weighted by molar-refractivity contribution is 0.506. The van der Waals surface area contributed by atoms with Crippen molar-refractivity contribution >= 4 is 0 Å². The fraction of sp³-hybridized carbons (Fsp3) is 0.455. The molecule has 1 N–H and O–H groups in total. The predicted octanol–water partition coefficient (Wildman–Crippen LogP) is 2.22. The van der Waals surface area contributed by atoms with Crippen LogP contribution >= 0.6 is 0 Å². The van der Waals surface area contributed by atoms with Crippen molar-refractivity contribution in [2.24, 2.45) is 0 Å². The number of benzene rings is 1. The highest BCUT2D eigenvalue weighted by Gasteiger charge is 2.31. The van der Waals surface area contributed by atoms with Gasteiger partial charge in [-0.1, -0.05) is 6.92 Å². The molecule has 1 nitrogen and oxygen atoms in total. The monoisotopic (exact) mass is 197 g/mol. The molecule has 0 aliphatic carbocycles. The molecule has 1 aromatic rings. The molecule has 1 heterocycles. The zero-order chi connectivity index (χ0) is 10.2. The van der Waals surface area contributed by atoms with Gasteiger partial charge in [-0.25, -0.2) is 8.78 Å². The lowest BCUT2D eigenvalue weighted by Crippen LogP contribution is -2.25. The van der Waals surface area contributed by atoms with Gasteiger partial charge in [0, 0.05) is 18.0 Å². The Balaban J connectivity index is 2.40. The largest absolute Gasteiger partial charge is 0.316 e. The zero-order valence-electron chi connectivity index (χ0n) is 8.11. The lowest BCUT2D eigenvalue weighted by atomic mass is 9.82. The molecule has 1 unspecified atom stereocenters. The van der Waals surface area contributed by atoms with E-state index in [1.54, 1.807) is 0 Å². The smallest absolute Gasteiger partial charge is 0.126 e. The van der Waals surface area contributed by atoms with Crippen molar-refractivity contribution < 1.29 is 8.78 Å². The van der Waals surface area contributed by atoms with E-state index in [1.165, 1.54) is 12.1 Å². The minimum absolute atomic E-state index is 0.122. The third-order valence-electron chi connectivity index (χ3n) is 2.93. The number of rotatable bonds is 1. The summed E-state index contributed by atoms with van der Waals surface area (Å²) in [6, 6.07) is 3.77. The summed E-state index contributed by atoms with van der Waals surface area (Å²) >= 11 is 0. The molecule has 1 aliphatic heterocycles. The molecule has 76 valence electrons. The second-order valence-electron chi connectivity index (χ2n) is 4.15. The van der Waals surface area contributed by atoms with Gasteiger partial charge >= 0.3 is 0 Å². The molecular weight excluding hydrogens is 184 g/mol. The first kappa shape index (κ1) is 9.59. The van der Waals surface area contributed by atoms with Gasteiger partial charge in [-0.05, 0) is 30.7 Å². The van der Waals surface area contributed by atoms with Crippen molar-refractivity contribution in [1.82, 2.24) is 5.32 Å². The highest BCUT2D eigenvalue weighted by atomic mass is 19.1. The van der Waals surface area contributed by atoms with Gasteiger partial charge in [-0.15, -0.1) is 0 Å². The van der Waals surface area contributed by atoms with Gasteiger partial charge < -0.3 is 5.32 Å². The van der Waals surface area contributed by atoms with Gasteiger partial charge in [-0.2, -0.15) is 0 Å². The number of halogens is 2. The van der Waals surface area contributed by atoms with E-state index in [2.05, 4.69) is 5.32 Å². The molecule has 1 atom stereocenters. The summed E-state index contributed by atoms with van der Waals surface area (Å²) < 4.78 is 26.0. The molecule has 0 bridgehead atoms. The van der Waals surface area contributed by atoms with Gasteiger partial charge in [0.15, 0.2) is 0 Å². The van der Waals surface area contributed by atoms with Crippen LogP contribution in [0.25, 0.3) is 0 Å². The van der Waals surface area contributed by atoms with E-state index in [9.17, 15) is 8.78 Å². The maximum atomic E-state index is 13.0. The maximum Gasteiger partial charge on any atom is 0.126 e. The lowest BCUT2D eigenvalue weighted by Gasteiger charge is -2.23. The molecule has 2 rings (SSSR count). The van der Waals surface area contributed by atoms with Crippen molar-refractivity contribution in [3.05, 3.63) is 35.4 Å². The van der Waals surface area contributed by atoms with Crippen molar-refractivity contribution in [2.45, 2.75) is 18.8 Å². The first-order valence-electron chi connectivity index (χ1n) is 4.77. The summed E-state index contributed by atoms with van der Waals surface area (Å²) in [5.41, 5.74) is 0.628. The molecule has 1 aliphatic rings. The Labute approximate surface area is 82.1 Å². The van der Waals surface area contributed by atoms with Crippen LogP contribution in [0.4, 0.5) is 8.78 Å². The van der Waals surface area contributed by atoms with Crippen LogP contribution in [0, 0.1) is 11.6 Å². The Morgan fingerprint density at radius 1 is 1.21 bits per heavy atom. The number of hydrogen-bond acceptors (Lipinski definition) is 1. The summed E-state index contributed by atoms with van der Waals surface area (Å²) in [7, 11) is 0. The van der Waals surface area contributed by atoms with Crippen molar-refractivity contribution in [1.29, 1.82) is 0 Å². The van der Waals surface area contributed by atoms with Crippen molar-refractivity contribution in [3.63, 3.8) is 0 Å². The van der Waals surface area contributed by atoms with E-state index >= 15 is 0 Å². The van der Waals surface area contributed by atoms with Crippen LogP contribution in [0.2, 0.25) is 0 Å². The number of nitrogens with one attached hydrogen (secondary N) is 1. The average molecular weight is 197 g/mol. The molecule has 1 saturated heterocycles. The van der Waals surface area contributed by atoms with Crippen LogP contribution in [0.3, 0.4) is 0 Å². The summed E-state index contributed by atoms with van der Waals surface area (Å²) in [6.45, 7) is 3.73. The molecule has 3 heteroatoms. The van der Waals surface area contributed by atoms with E-state index < -0.39 is 11.6 Å². The topological polar surface area (TPSA) is 12.0 Å². The van der Waals surface area contributed by atoms with Crippen LogP contribution in [0.15, 0.2) is 18.2 Å². The standard InChI is InChI=1S/C11H13F2N/c1-11(2-3-14-7-11)8-4-9(12)6-10(13)5-8/h4-6,14H,2-3,7H2,1H3. The number of hydrogen-bond donors (Lipinski definition) is 1. The summed E-state index contributed by atoms with van der Waals surface area (Å²) in [4.78, 5) is 0. The Morgan fingerprint density at radius 3 is 2.36 bits per heavy atom. The van der Waals surface area contributed by atoms with E-state index in [4.69, 9.17) is 0 Å². The SMILES string of the molecule is CC1(c2cc(F)cc(F)c2)CCNC1. The fourth-order valence-electron chi connectivity index (χ4n) is 1.97. The minimum atomic E-state index is -0.492. The van der Waals surface area contributed by atoms with Crippen LogP contribution in [-0.2, 0) is 5.41 Å². The minimum Gasteiger partial charge on any atom is -0.316 e. The summed E-state index contributed by atoms with van der Waals surface area (Å²) in [5, 5.41) is 3.21. The zero-order valence-corrected chi connectivity index (χ0v) is 8.11. The Morgan fingerprint density at radius 2 is 1.86 bits per heavy atom. The quantitative estimate of drug-likeness (QED) is 0.727. The molecule has 0 spiro atoms. The van der Waals surface area contributed by atoms with Crippen LogP contribution in [0.5, 0.6) is 0 Å². The molecule has 0 radical (unpaired) electrons. The Hall–Kier alpha value is -0.960. The van der Waals surface area contributed by atoms with E-state index in [1.807, 2.05) is 6.92 Å². The van der Waals surface area contributed by atoms with Crippen LogP contribution in [0.1, 0.15) is 18.9 Å². The first-order chi connectivity index (χ1) is 6.60. The second-order valence-corrected chi connectivity index (χ2v) is 4.15. The van der Waals surface area contributed by atoms with Crippen LogP contribution in [-0.4, -0.2) is 13.1 Å². The Kier molecular flexibility index (Phi) is 2.27.